The molecule has 0 saturated carbocycles. The monoisotopic (exact) mass is 462 g/mol. The molecule has 0 radical (unpaired) electrons. The lowest BCUT2D eigenvalue weighted by atomic mass is 9.85. The summed E-state index contributed by atoms with van der Waals surface area (Å²) < 4.78 is 11.7. The standard InChI is InChI=1S/C29H38N2O3/c1-5-14-33-23-8-6-20(7-9-23)24-16-22-17-29(3,4)27(25(22)15-19(24)2)30-28(32)34-26-18-31-12-10-21(26)11-13-31/h6-9,15-16,21,26-27H,5,10-14,17-18H2,1-4H3,(H,30,32)/t26-,27+/m1/s1. The van der Waals surface area contributed by atoms with Gasteiger partial charge in [-0.2, -0.15) is 0 Å². The fraction of sp³-hybridized carbons (Fsp3) is 0.552. The Bertz CT molecular complexity index is 1040. The first kappa shape index (κ1) is 23.2. The molecular weight excluding hydrogens is 424 g/mol. The van der Waals surface area contributed by atoms with Gasteiger partial charge in [0.25, 0.3) is 0 Å². The maximum absolute atomic E-state index is 13.0. The van der Waals surface area contributed by atoms with Gasteiger partial charge in [0.15, 0.2) is 0 Å². The Morgan fingerprint density at radius 3 is 2.53 bits per heavy atom. The van der Waals surface area contributed by atoms with Gasteiger partial charge >= 0.3 is 6.09 Å². The number of alkyl carbamates (subject to hydrolysis) is 1. The van der Waals surface area contributed by atoms with Crippen LogP contribution in [0.15, 0.2) is 36.4 Å². The van der Waals surface area contributed by atoms with Gasteiger partial charge in [-0.05, 0) is 97.0 Å². The molecule has 0 aromatic heterocycles. The van der Waals surface area contributed by atoms with E-state index in [4.69, 9.17) is 9.47 Å². The highest BCUT2D eigenvalue weighted by molar-refractivity contribution is 5.72. The number of fused-ring (bicyclic) bond motifs is 4. The van der Waals surface area contributed by atoms with Crippen LogP contribution in [0.3, 0.4) is 0 Å². The number of rotatable bonds is 6. The smallest absolute Gasteiger partial charge is 0.407 e. The number of amides is 1. The summed E-state index contributed by atoms with van der Waals surface area (Å²) in [5, 5.41) is 3.25. The van der Waals surface area contributed by atoms with Crippen molar-refractivity contribution in [3.05, 3.63) is 53.1 Å². The number of carbonyl (C=O) groups excluding carboxylic acids is 1. The lowest BCUT2D eigenvalue weighted by Crippen LogP contribution is -2.53. The molecule has 0 unspecified atom stereocenters. The highest BCUT2D eigenvalue weighted by Gasteiger charge is 2.42. The zero-order valence-corrected chi connectivity index (χ0v) is 21.0. The van der Waals surface area contributed by atoms with E-state index in [1.807, 2.05) is 0 Å². The summed E-state index contributed by atoms with van der Waals surface area (Å²) in [6.45, 7) is 12.7. The van der Waals surface area contributed by atoms with Gasteiger partial charge in [-0.15, -0.1) is 0 Å². The molecule has 182 valence electrons. The van der Waals surface area contributed by atoms with Crippen LogP contribution in [0.2, 0.25) is 0 Å². The van der Waals surface area contributed by atoms with Crippen molar-refractivity contribution in [2.24, 2.45) is 11.3 Å². The molecule has 0 spiro atoms. The number of nitrogens with zero attached hydrogens (tertiary/aromatic N) is 1. The van der Waals surface area contributed by atoms with Gasteiger partial charge in [0.1, 0.15) is 11.9 Å². The molecule has 2 aromatic carbocycles. The van der Waals surface area contributed by atoms with Crippen molar-refractivity contribution in [2.45, 2.75) is 65.5 Å². The number of hydrogen-bond donors (Lipinski definition) is 1. The number of hydrogen-bond acceptors (Lipinski definition) is 4. The molecule has 2 bridgehead atoms. The third-order valence-electron chi connectivity index (χ3n) is 7.98. The van der Waals surface area contributed by atoms with Crippen molar-refractivity contribution in [2.75, 3.05) is 26.2 Å². The summed E-state index contributed by atoms with van der Waals surface area (Å²) in [6.07, 6.45) is 3.98. The SMILES string of the molecule is CCCOc1ccc(-c2cc3c(cc2C)[C@H](NC(=O)O[C@@H]2CN4CCC2CC4)C(C)(C)C3)cc1. The van der Waals surface area contributed by atoms with Gasteiger partial charge in [-0.1, -0.05) is 45.0 Å². The van der Waals surface area contributed by atoms with Crippen molar-refractivity contribution in [3.8, 4) is 16.9 Å². The normalized spacial score (nSPS) is 26.7. The van der Waals surface area contributed by atoms with Crippen LogP contribution in [0.5, 0.6) is 5.75 Å². The van der Waals surface area contributed by atoms with E-state index in [-0.39, 0.29) is 23.7 Å². The van der Waals surface area contributed by atoms with E-state index >= 15 is 0 Å². The maximum atomic E-state index is 13.0. The number of aryl methyl sites for hydroxylation is 1. The molecule has 4 aliphatic rings. The van der Waals surface area contributed by atoms with Gasteiger partial charge in [0.2, 0.25) is 0 Å². The molecule has 3 fully saturated rings. The fourth-order valence-corrected chi connectivity index (χ4v) is 6.08. The van der Waals surface area contributed by atoms with Crippen LogP contribution in [0.1, 0.15) is 62.8 Å². The van der Waals surface area contributed by atoms with E-state index in [0.29, 0.717) is 5.92 Å². The topological polar surface area (TPSA) is 50.8 Å². The highest BCUT2D eigenvalue weighted by atomic mass is 16.6. The first-order valence-electron chi connectivity index (χ1n) is 12.9. The molecule has 2 atom stereocenters. The van der Waals surface area contributed by atoms with Crippen molar-refractivity contribution in [1.29, 1.82) is 0 Å². The molecular formula is C29H38N2O3. The number of nitrogens with one attached hydrogen (secondary N) is 1. The van der Waals surface area contributed by atoms with E-state index in [1.165, 1.54) is 27.8 Å². The Kier molecular flexibility index (Phi) is 6.32. The van der Waals surface area contributed by atoms with E-state index in [0.717, 1.165) is 57.7 Å². The minimum atomic E-state index is -0.269. The average Bonchev–Trinajstić information content (AvgIpc) is 3.07. The van der Waals surface area contributed by atoms with Crippen LogP contribution in [-0.4, -0.2) is 43.3 Å². The Hall–Kier alpha value is -2.53. The molecule has 1 N–H and O–H groups in total. The average molecular weight is 463 g/mol. The molecule has 3 aliphatic heterocycles. The van der Waals surface area contributed by atoms with Gasteiger partial charge in [0.05, 0.1) is 12.6 Å². The molecule has 1 amide bonds. The summed E-state index contributed by atoms with van der Waals surface area (Å²) in [5.74, 6) is 1.43. The van der Waals surface area contributed by atoms with Crippen LogP contribution in [-0.2, 0) is 11.2 Å². The second-order valence-corrected chi connectivity index (χ2v) is 11.1. The Balaban J connectivity index is 1.32. The van der Waals surface area contributed by atoms with Gasteiger partial charge in [0, 0.05) is 6.54 Å². The Morgan fingerprint density at radius 1 is 1.15 bits per heavy atom. The second-order valence-electron chi connectivity index (χ2n) is 11.1. The predicted molar refractivity (Wildman–Crippen MR) is 135 cm³/mol. The molecule has 3 saturated heterocycles. The van der Waals surface area contributed by atoms with Crippen LogP contribution in [0, 0.1) is 18.3 Å². The minimum absolute atomic E-state index is 0.0277. The van der Waals surface area contributed by atoms with Crippen molar-refractivity contribution < 1.29 is 14.3 Å². The first-order valence-corrected chi connectivity index (χ1v) is 12.9. The third kappa shape index (κ3) is 4.55. The van der Waals surface area contributed by atoms with Gasteiger partial charge in [-0.25, -0.2) is 4.79 Å². The summed E-state index contributed by atoms with van der Waals surface area (Å²) in [4.78, 5) is 15.4. The van der Waals surface area contributed by atoms with Crippen LogP contribution >= 0.6 is 0 Å². The van der Waals surface area contributed by atoms with Crippen molar-refractivity contribution in [3.63, 3.8) is 0 Å². The number of benzene rings is 2. The summed E-state index contributed by atoms with van der Waals surface area (Å²) in [6, 6.07) is 12.9. The summed E-state index contributed by atoms with van der Waals surface area (Å²) in [5.41, 5.74) is 6.12. The number of ether oxygens (including phenoxy) is 2. The predicted octanol–water partition coefficient (Wildman–Crippen LogP) is 5.89. The molecule has 3 heterocycles. The van der Waals surface area contributed by atoms with E-state index < -0.39 is 0 Å². The quantitative estimate of drug-likeness (QED) is 0.581. The Labute approximate surface area is 203 Å². The molecule has 6 rings (SSSR count). The van der Waals surface area contributed by atoms with Crippen LogP contribution < -0.4 is 10.1 Å². The first-order chi connectivity index (χ1) is 16.3. The van der Waals surface area contributed by atoms with E-state index in [1.54, 1.807) is 0 Å². The summed E-state index contributed by atoms with van der Waals surface area (Å²) in [7, 11) is 0. The lowest BCUT2D eigenvalue weighted by Gasteiger charge is -2.44. The number of piperidine rings is 3. The third-order valence-corrected chi connectivity index (χ3v) is 7.98. The van der Waals surface area contributed by atoms with Crippen molar-refractivity contribution >= 4 is 6.09 Å². The molecule has 2 aromatic rings. The van der Waals surface area contributed by atoms with Gasteiger partial charge in [-0.3, -0.25) is 4.90 Å². The summed E-state index contributed by atoms with van der Waals surface area (Å²) >= 11 is 0. The fourth-order valence-electron chi connectivity index (χ4n) is 6.08. The number of carbonyl (C=O) groups is 1. The second kappa shape index (κ2) is 9.26. The molecule has 5 nitrogen and oxygen atoms in total. The largest absolute Gasteiger partial charge is 0.494 e. The molecule has 5 heteroatoms. The maximum Gasteiger partial charge on any atom is 0.407 e. The Morgan fingerprint density at radius 2 is 1.88 bits per heavy atom. The zero-order chi connectivity index (χ0) is 23.9. The van der Waals surface area contributed by atoms with Crippen LogP contribution in [0.4, 0.5) is 4.79 Å². The highest BCUT2D eigenvalue weighted by Crippen LogP contribution is 2.47. The molecule has 1 aliphatic carbocycles. The van der Waals surface area contributed by atoms with Crippen molar-refractivity contribution in [1.82, 2.24) is 10.2 Å². The zero-order valence-electron chi connectivity index (χ0n) is 21.0. The van der Waals surface area contributed by atoms with E-state index in [2.05, 4.69) is 74.3 Å². The lowest BCUT2D eigenvalue weighted by molar-refractivity contribution is -0.0348. The van der Waals surface area contributed by atoms with E-state index in [9.17, 15) is 4.79 Å². The van der Waals surface area contributed by atoms with Crippen LogP contribution in [0.25, 0.3) is 11.1 Å². The van der Waals surface area contributed by atoms with Gasteiger partial charge < -0.3 is 14.8 Å². The minimum Gasteiger partial charge on any atom is -0.494 e. The molecule has 34 heavy (non-hydrogen) atoms.